The molecule has 0 saturated carbocycles. The topological polar surface area (TPSA) is 104 Å². The van der Waals surface area contributed by atoms with Gasteiger partial charge in [-0.25, -0.2) is 0 Å². The second-order valence-electron chi connectivity index (χ2n) is 4.93. The predicted molar refractivity (Wildman–Crippen MR) is 69.6 cm³/mol. The Morgan fingerprint density at radius 3 is 2.17 bits per heavy atom. The molecule has 7 nitrogen and oxygen atoms in total. The molecule has 0 aliphatic heterocycles. The van der Waals surface area contributed by atoms with Crippen LogP contribution in [0.5, 0.6) is 0 Å². The van der Waals surface area contributed by atoms with Crippen LogP contribution in [0, 0.1) is 0 Å². The first kappa shape index (κ1) is 18.0. The molecule has 0 radical (unpaired) electrons. The van der Waals surface area contributed by atoms with Crippen LogP contribution in [0.25, 0.3) is 0 Å². The van der Waals surface area contributed by atoms with E-state index in [-0.39, 0.29) is 5.75 Å². The van der Waals surface area contributed by atoms with Crippen molar-refractivity contribution >= 4 is 19.6 Å². The molecule has 18 heavy (non-hydrogen) atoms. The van der Waals surface area contributed by atoms with E-state index < -0.39 is 19.6 Å². The standard InChI is InChI=1S/C9H23NO6SSi/c1-10(2,7-5-8-16-18(14)15)6-3-4-9-17(11,12)13/h14-15,18H,3-9H2,1-2H3/p+1. The van der Waals surface area contributed by atoms with Crippen LogP contribution in [-0.4, -0.2) is 76.1 Å². The first-order chi connectivity index (χ1) is 8.12. The van der Waals surface area contributed by atoms with Crippen molar-refractivity contribution in [3.63, 3.8) is 0 Å². The van der Waals surface area contributed by atoms with Gasteiger partial charge in [0.2, 0.25) is 0 Å². The molecule has 0 aliphatic rings. The number of rotatable bonds is 10. The molecule has 0 aromatic heterocycles. The SMILES string of the molecule is C[N+](C)(CCCCS(=O)(=O)O)CCCO[SiH](O)O. The van der Waals surface area contributed by atoms with Gasteiger partial charge in [0.25, 0.3) is 10.1 Å². The molecule has 0 aromatic carbocycles. The molecule has 0 rings (SSSR count). The van der Waals surface area contributed by atoms with Gasteiger partial charge in [0.1, 0.15) is 0 Å². The normalized spacial score (nSPS) is 13.2. The maximum atomic E-state index is 10.5. The highest BCUT2D eigenvalue weighted by Crippen LogP contribution is 2.04. The van der Waals surface area contributed by atoms with E-state index in [0.717, 1.165) is 19.5 Å². The fourth-order valence-electron chi connectivity index (χ4n) is 1.62. The smallest absolute Gasteiger partial charge is 0.392 e. The van der Waals surface area contributed by atoms with Gasteiger partial charge in [-0.1, -0.05) is 0 Å². The summed E-state index contributed by atoms with van der Waals surface area (Å²) in [5, 5.41) is 0. The Bertz CT molecular complexity index is 319. The third kappa shape index (κ3) is 12.4. The lowest BCUT2D eigenvalue weighted by Gasteiger charge is -2.29. The van der Waals surface area contributed by atoms with E-state index in [2.05, 4.69) is 0 Å². The van der Waals surface area contributed by atoms with Crippen LogP contribution in [0.3, 0.4) is 0 Å². The molecule has 0 aromatic rings. The molecule has 0 unspecified atom stereocenters. The van der Waals surface area contributed by atoms with Crippen molar-refractivity contribution in [2.45, 2.75) is 19.3 Å². The quantitative estimate of drug-likeness (QED) is 0.203. The molecule has 0 bridgehead atoms. The van der Waals surface area contributed by atoms with Gasteiger partial charge in [-0.15, -0.1) is 0 Å². The number of quaternary nitrogens is 1. The van der Waals surface area contributed by atoms with Crippen molar-refractivity contribution in [2.24, 2.45) is 0 Å². The van der Waals surface area contributed by atoms with E-state index in [9.17, 15) is 8.42 Å². The average molecular weight is 302 g/mol. The lowest BCUT2D eigenvalue weighted by Crippen LogP contribution is -2.42. The van der Waals surface area contributed by atoms with Crippen molar-refractivity contribution < 1.29 is 31.5 Å². The van der Waals surface area contributed by atoms with Crippen LogP contribution >= 0.6 is 0 Å². The maximum Gasteiger partial charge on any atom is 0.478 e. The molecule has 0 heterocycles. The lowest BCUT2D eigenvalue weighted by atomic mass is 10.2. The summed E-state index contributed by atoms with van der Waals surface area (Å²) < 4.78 is 35.1. The van der Waals surface area contributed by atoms with Crippen LogP contribution in [0.1, 0.15) is 19.3 Å². The third-order valence-corrected chi connectivity index (χ3v) is 3.93. The molecule has 0 spiro atoms. The Kier molecular flexibility index (Phi) is 8.19. The van der Waals surface area contributed by atoms with Crippen molar-refractivity contribution in [1.29, 1.82) is 0 Å². The predicted octanol–water partition coefficient (Wildman–Crippen LogP) is -1.16. The Morgan fingerprint density at radius 2 is 1.67 bits per heavy atom. The lowest BCUT2D eigenvalue weighted by molar-refractivity contribution is -0.890. The van der Waals surface area contributed by atoms with Crippen LogP contribution in [0.2, 0.25) is 0 Å². The van der Waals surface area contributed by atoms with Crippen molar-refractivity contribution in [3.8, 4) is 0 Å². The Balaban J connectivity index is 3.67. The van der Waals surface area contributed by atoms with Crippen LogP contribution in [0.15, 0.2) is 0 Å². The molecule has 0 aliphatic carbocycles. The fraction of sp³-hybridized carbons (Fsp3) is 1.00. The Hall–Kier alpha value is -0.0331. The summed E-state index contributed by atoms with van der Waals surface area (Å²) in [6.45, 7) is 1.94. The summed E-state index contributed by atoms with van der Waals surface area (Å²) in [6.07, 6.45) is 1.88. The highest BCUT2D eigenvalue weighted by molar-refractivity contribution is 7.85. The Labute approximate surface area is 110 Å². The summed E-state index contributed by atoms with van der Waals surface area (Å²) in [7, 11) is -2.73. The van der Waals surface area contributed by atoms with Gasteiger partial charge in [-0.3, -0.25) is 4.55 Å². The van der Waals surface area contributed by atoms with Gasteiger partial charge in [-0.05, 0) is 12.8 Å². The van der Waals surface area contributed by atoms with Gasteiger partial charge >= 0.3 is 9.53 Å². The van der Waals surface area contributed by atoms with Gasteiger partial charge < -0.3 is 18.5 Å². The molecular formula is C9H24NO6SSi+. The van der Waals surface area contributed by atoms with Crippen LogP contribution < -0.4 is 0 Å². The molecule has 0 fully saturated rings. The minimum atomic E-state index is -3.85. The van der Waals surface area contributed by atoms with E-state index in [1.54, 1.807) is 0 Å². The van der Waals surface area contributed by atoms with Crippen LogP contribution in [-0.2, 0) is 14.5 Å². The van der Waals surface area contributed by atoms with E-state index in [1.165, 1.54) is 0 Å². The number of hydrogen-bond donors (Lipinski definition) is 3. The fourth-order valence-corrected chi connectivity index (χ4v) is 2.56. The highest BCUT2D eigenvalue weighted by Gasteiger charge is 2.15. The van der Waals surface area contributed by atoms with E-state index >= 15 is 0 Å². The molecule has 9 heteroatoms. The largest absolute Gasteiger partial charge is 0.478 e. The van der Waals surface area contributed by atoms with Crippen molar-refractivity contribution in [3.05, 3.63) is 0 Å². The molecule has 0 amide bonds. The Morgan fingerprint density at radius 1 is 1.11 bits per heavy atom. The average Bonchev–Trinajstić information content (AvgIpc) is 2.18. The molecule has 0 saturated heterocycles. The highest BCUT2D eigenvalue weighted by atomic mass is 32.2. The van der Waals surface area contributed by atoms with Gasteiger partial charge in [0.05, 0.1) is 32.9 Å². The van der Waals surface area contributed by atoms with Gasteiger partial charge in [0, 0.05) is 13.0 Å². The first-order valence-electron chi connectivity index (χ1n) is 5.87. The summed E-state index contributed by atoms with van der Waals surface area (Å²) in [5.41, 5.74) is 0. The van der Waals surface area contributed by atoms with Gasteiger partial charge in [-0.2, -0.15) is 8.42 Å². The molecular weight excluding hydrogens is 278 g/mol. The number of unbranched alkanes of at least 4 members (excludes halogenated alkanes) is 1. The molecule has 3 N–H and O–H groups in total. The van der Waals surface area contributed by atoms with Crippen LogP contribution in [0.4, 0.5) is 0 Å². The zero-order valence-corrected chi connectivity index (χ0v) is 12.9. The summed E-state index contributed by atoms with van der Waals surface area (Å²) in [6, 6.07) is 0. The number of hydrogen-bond acceptors (Lipinski definition) is 5. The molecule has 110 valence electrons. The minimum absolute atomic E-state index is 0.196. The second kappa shape index (κ2) is 8.20. The summed E-state index contributed by atoms with van der Waals surface area (Å²) in [4.78, 5) is 17.2. The maximum absolute atomic E-state index is 10.5. The summed E-state index contributed by atoms with van der Waals surface area (Å²) >= 11 is 0. The van der Waals surface area contributed by atoms with Crippen molar-refractivity contribution in [2.75, 3.05) is 39.5 Å². The van der Waals surface area contributed by atoms with Gasteiger partial charge in [0.15, 0.2) is 0 Å². The zero-order chi connectivity index (χ0) is 14.2. The second-order valence-corrected chi connectivity index (χ2v) is 7.48. The minimum Gasteiger partial charge on any atom is -0.392 e. The first-order valence-corrected chi connectivity index (χ1v) is 8.99. The van der Waals surface area contributed by atoms with E-state index in [4.69, 9.17) is 18.6 Å². The number of nitrogens with zero attached hydrogens (tertiary/aromatic N) is 1. The van der Waals surface area contributed by atoms with E-state index in [1.807, 2.05) is 14.1 Å². The third-order valence-electron chi connectivity index (χ3n) is 2.59. The monoisotopic (exact) mass is 302 g/mol. The van der Waals surface area contributed by atoms with Crippen molar-refractivity contribution in [1.82, 2.24) is 0 Å². The van der Waals surface area contributed by atoms with E-state index in [0.29, 0.717) is 23.9 Å². The summed E-state index contributed by atoms with van der Waals surface area (Å²) in [5.74, 6) is -0.196. The molecule has 0 atom stereocenters. The zero-order valence-electron chi connectivity index (χ0n) is 10.9.